The minimum atomic E-state index is -0.0635. The van der Waals surface area contributed by atoms with Crippen molar-refractivity contribution in [2.24, 2.45) is 0 Å². The minimum Gasteiger partial charge on any atom is -0.489 e. The van der Waals surface area contributed by atoms with E-state index >= 15 is 0 Å². The number of amides is 1. The first-order chi connectivity index (χ1) is 10.4. The summed E-state index contributed by atoms with van der Waals surface area (Å²) in [6.45, 7) is 8.92. The maximum absolute atomic E-state index is 11.4. The Bertz CT molecular complexity index is 570. The summed E-state index contributed by atoms with van der Waals surface area (Å²) in [7, 11) is 0. The van der Waals surface area contributed by atoms with Gasteiger partial charge in [0, 0.05) is 13.0 Å². The van der Waals surface area contributed by atoms with Crippen LogP contribution < -0.4 is 10.1 Å². The van der Waals surface area contributed by atoms with Gasteiger partial charge in [0.05, 0.1) is 4.32 Å². The lowest BCUT2D eigenvalue weighted by Gasteiger charge is -2.24. The van der Waals surface area contributed by atoms with Gasteiger partial charge < -0.3 is 10.1 Å². The normalized spacial score (nSPS) is 19.6. The molecule has 2 rings (SSSR count). The van der Waals surface area contributed by atoms with Crippen LogP contribution in [0.2, 0.25) is 0 Å². The monoisotopic (exact) mass is 365 g/mol. The standard InChI is InChI=1S/C18H24BrNO2/c1-4-17(21)20-10-9-18(19)8-7-14-5-6-15(11-16(14)18)22-12-13(2)3/h5-6,11H,2,4,7-10,12H2,1,3H3,(H,20,21)/t18-/m0/s1. The van der Waals surface area contributed by atoms with Gasteiger partial charge in [-0.15, -0.1) is 0 Å². The number of aryl methyl sites for hydroxylation is 1. The molecule has 0 heterocycles. The number of hydrogen-bond acceptors (Lipinski definition) is 2. The Balaban J connectivity index is 2.06. The molecule has 120 valence electrons. The van der Waals surface area contributed by atoms with Crippen molar-refractivity contribution in [1.29, 1.82) is 0 Å². The number of hydrogen-bond donors (Lipinski definition) is 1. The quantitative estimate of drug-likeness (QED) is 0.583. The molecule has 0 fully saturated rings. The van der Waals surface area contributed by atoms with Crippen molar-refractivity contribution in [1.82, 2.24) is 5.32 Å². The van der Waals surface area contributed by atoms with Gasteiger partial charge in [-0.1, -0.05) is 35.5 Å². The molecule has 1 aromatic rings. The minimum absolute atomic E-state index is 0.0635. The number of alkyl halides is 1. The number of ether oxygens (including phenoxy) is 1. The van der Waals surface area contributed by atoms with Gasteiger partial charge in [-0.05, 0) is 55.0 Å². The second kappa shape index (κ2) is 7.32. The van der Waals surface area contributed by atoms with Crippen molar-refractivity contribution in [2.45, 2.75) is 43.9 Å². The fourth-order valence-electron chi connectivity index (χ4n) is 2.74. The van der Waals surface area contributed by atoms with Crippen LogP contribution in [-0.2, 0) is 15.5 Å². The fraction of sp³-hybridized carbons (Fsp3) is 0.500. The Labute approximate surface area is 141 Å². The van der Waals surface area contributed by atoms with Gasteiger partial charge in [0.2, 0.25) is 5.91 Å². The van der Waals surface area contributed by atoms with Gasteiger partial charge in [-0.3, -0.25) is 4.79 Å². The lowest BCUT2D eigenvalue weighted by atomic mass is 9.97. The number of carbonyl (C=O) groups is 1. The summed E-state index contributed by atoms with van der Waals surface area (Å²) in [5.41, 5.74) is 3.66. The van der Waals surface area contributed by atoms with Crippen molar-refractivity contribution >= 4 is 21.8 Å². The SMILES string of the molecule is C=C(C)COc1ccc2c(c1)[C@@](Br)(CCNC(=O)CC)CC2. The molecule has 0 aromatic heterocycles. The van der Waals surface area contributed by atoms with Gasteiger partial charge in [0.1, 0.15) is 12.4 Å². The molecule has 0 aliphatic heterocycles. The molecule has 1 aliphatic carbocycles. The third-order valence-corrected chi connectivity index (χ3v) is 5.22. The van der Waals surface area contributed by atoms with E-state index < -0.39 is 0 Å². The topological polar surface area (TPSA) is 38.3 Å². The van der Waals surface area contributed by atoms with Crippen molar-refractivity contribution in [2.75, 3.05) is 13.2 Å². The summed E-state index contributed by atoms with van der Waals surface area (Å²) in [5, 5.41) is 2.96. The number of carbonyl (C=O) groups excluding carboxylic acids is 1. The van der Waals surface area contributed by atoms with Gasteiger partial charge in [-0.2, -0.15) is 0 Å². The Morgan fingerprint density at radius 3 is 2.95 bits per heavy atom. The Kier molecular flexibility index (Phi) is 5.68. The average Bonchev–Trinajstić information content (AvgIpc) is 2.82. The molecule has 1 amide bonds. The van der Waals surface area contributed by atoms with E-state index in [0.29, 0.717) is 19.6 Å². The van der Waals surface area contributed by atoms with Crippen LogP contribution >= 0.6 is 15.9 Å². The molecule has 0 radical (unpaired) electrons. The van der Waals surface area contributed by atoms with Gasteiger partial charge in [0.15, 0.2) is 0 Å². The predicted molar refractivity (Wildman–Crippen MR) is 93.6 cm³/mol. The molecule has 1 N–H and O–H groups in total. The summed E-state index contributed by atoms with van der Waals surface area (Å²) in [6, 6.07) is 6.30. The van der Waals surface area contributed by atoms with Crippen LogP contribution in [0.15, 0.2) is 30.4 Å². The van der Waals surface area contributed by atoms with Crippen molar-refractivity contribution in [3.63, 3.8) is 0 Å². The highest BCUT2D eigenvalue weighted by Gasteiger charge is 2.36. The molecule has 4 heteroatoms. The zero-order valence-corrected chi connectivity index (χ0v) is 15.0. The van der Waals surface area contributed by atoms with Crippen molar-refractivity contribution in [3.8, 4) is 5.75 Å². The lowest BCUT2D eigenvalue weighted by Crippen LogP contribution is -2.28. The van der Waals surface area contributed by atoms with Crippen molar-refractivity contribution in [3.05, 3.63) is 41.5 Å². The molecule has 0 saturated heterocycles. The molecule has 1 aliphatic rings. The number of nitrogens with one attached hydrogen (secondary N) is 1. The molecule has 0 spiro atoms. The summed E-state index contributed by atoms with van der Waals surface area (Å²) >= 11 is 3.91. The van der Waals surface area contributed by atoms with Crippen LogP contribution in [0.3, 0.4) is 0 Å². The van der Waals surface area contributed by atoms with Crippen LogP contribution in [0.1, 0.15) is 44.2 Å². The van der Waals surface area contributed by atoms with Crippen LogP contribution in [0.5, 0.6) is 5.75 Å². The zero-order valence-electron chi connectivity index (χ0n) is 13.4. The number of benzene rings is 1. The average molecular weight is 366 g/mol. The molecule has 0 bridgehead atoms. The Morgan fingerprint density at radius 1 is 1.50 bits per heavy atom. The third-order valence-electron chi connectivity index (χ3n) is 4.00. The van der Waals surface area contributed by atoms with Crippen LogP contribution in [-0.4, -0.2) is 19.1 Å². The number of halogens is 1. The molecule has 0 saturated carbocycles. The fourth-order valence-corrected chi connectivity index (χ4v) is 3.50. The number of fused-ring (bicyclic) bond motifs is 1. The molecular weight excluding hydrogens is 342 g/mol. The Hall–Kier alpha value is -1.29. The molecule has 3 nitrogen and oxygen atoms in total. The van der Waals surface area contributed by atoms with Gasteiger partial charge >= 0.3 is 0 Å². The van der Waals surface area contributed by atoms with E-state index in [0.717, 1.165) is 30.6 Å². The van der Waals surface area contributed by atoms with E-state index in [1.165, 1.54) is 11.1 Å². The van der Waals surface area contributed by atoms with E-state index in [-0.39, 0.29) is 10.2 Å². The number of rotatable bonds is 7. The molecule has 1 aromatic carbocycles. The van der Waals surface area contributed by atoms with Crippen LogP contribution in [0.4, 0.5) is 0 Å². The second-order valence-electron chi connectivity index (χ2n) is 5.98. The molecule has 22 heavy (non-hydrogen) atoms. The maximum atomic E-state index is 11.4. The summed E-state index contributed by atoms with van der Waals surface area (Å²) in [4.78, 5) is 11.4. The summed E-state index contributed by atoms with van der Waals surface area (Å²) in [5.74, 6) is 0.984. The van der Waals surface area contributed by atoms with E-state index in [9.17, 15) is 4.79 Å². The predicted octanol–water partition coefficient (Wildman–Crippen LogP) is 4.09. The van der Waals surface area contributed by atoms with E-state index in [1.54, 1.807) is 0 Å². The zero-order chi connectivity index (χ0) is 16.2. The largest absolute Gasteiger partial charge is 0.489 e. The lowest BCUT2D eigenvalue weighted by molar-refractivity contribution is -0.120. The first-order valence-corrected chi connectivity index (χ1v) is 8.60. The smallest absolute Gasteiger partial charge is 0.219 e. The van der Waals surface area contributed by atoms with Gasteiger partial charge in [-0.25, -0.2) is 0 Å². The highest BCUT2D eigenvalue weighted by atomic mass is 79.9. The first kappa shape index (κ1) is 17.1. The molecule has 1 atom stereocenters. The molecule has 0 unspecified atom stereocenters. The third kappa shape index (κ3) is 4.13. The second-order valence-corrected chi connectivity index (χ2v) is 7.50. The van der Waals surface area contributed by atoms with E-state index in [2.05, 4.69) is 40.0 Å². The van der Waals surface area contributed by atoms with E-state index in [1.807, 2.05) is 19.9 Å². The molecular formula is C18H24BrNO2. The highest BCUT2D eigenvalue weighted by molar-refractivity contribution is 9.09. The first-order valence-electron chi connectivity index (χ1n) is 7.81. The van der Waals surface area contributed by atoms with Crippen LogP contribution in [0.25, 0.3) is 0 Å². The van der Waals surface area contributed by atoms with E-state index in [4.69, 9.17) is 4.74 Å². The summed E-state index contributed by atoms with van der Waals surface area (Å²) < 4.78 is 5.69. The summed E-state index contributed by atoms with van der Waals surface area (Å²) in [6.07, 6.45) is 3.53. The van der Waals surface area contributed by atoms with Gasteiger partial charge in [0.25, 0.3) is 0 Å². The maximum Gasteiger partial charge on any atom is 0.219 e. The van der Waals surface area contributed by atoms with Crippen molar-refractivity contribution < 1.29 is 9.53 Å². The highest BCUT2D eigenvalue weighted by Crippen LogP contribution is 2.47. The Morgan fingerprint density at radius 2 is 2.27 bits per heavy atom. The van der Waals surface area contributed by atoms with Crippen LogP contribution in [0, 0.1) is 0 Å².